The van der Waals surface area contributed by atoms with Gasteiger partial charge in [0, 0.05) is 6.42 Å². The lowest BCUT2D eigenvalue weighted by Crippen LogP contribution is -2.14. The van der Waals surface area contributed by atoms with E-state index in [2.05, 4.69) is 13.8 Å². The summed E-state index contributed by atoms with van der Waals surface area (Å²) >= 11 is 0. The SMILES string of the molecule is CCCCCCCCCCCCCCCCCC(=O)O[C@H](C)CCCCC. The van der Waals surface area contributed by atoms with Crippen LogP contribution in [0.2, 0.25) is 0 Å². The summed E-state index contributed by atoms with van der Waals surface area (Å²) in [6.45, 7) is 6.51. The summed E-state index contributed by atoms with van der Waals surface area (Å²) in [6, 6.07) is 0. The number of hydrogen-bond acceptors (Lipinski definition) is 2. The summed E-state index contributed by atoms with van der Waals surface area (Å²) in [7, 11) is 0. The van der Waals surface area contributed by atoms with Gasteiger partial charge in [-0.15, -0.1) is 0 Å². The van der Waals surface area contributed by atoms with Crippen LogP contribution in [0.1, 0.15) is 149 Å². The number of hydrogen-bond donors (Lipinski definition) is 0. The third-order valence-corrected chi connectivity index (χ3v) is 5.53. The molecule has 0 bridgehead atoms. The molecule has 0 radical (unpaired) electrons. The third-order valence-electron chi connectivity index (χ3n) is 5.53. The zero-order valence-corrected chi connectivity index (χ0v) is 19.0. The van der Waals surface area contributed by atoms with Crippen LogP contribution in [0.4, 0.5) is 0 Å². The van der Waals surface area contributed by atoms with Gasteiger partial charge in [0.25, 0.3) is 0 Å². The minimum Gasteiger partial charge on any atom is -0.463 e. The highest BCUT2D eigenvalue weighted by Gasteiger charge is 2.08. The lowest BCUT2D eigenvalue weighted by molar-refractivity contribution is -0.148. The smallest absolute Gasteiger partial charge is 0.306 e. The molecule has 0 aliphatic carbocycles. The normalized spacial score (nSPS) is 12.3. The van der Waals surface area contributed by atoms with Crippen LogP contribution in [0.15, 0.2) is 0 Å². The van der Waals surface area contributed by atoms with Crippen molar-refractivity contribution < 1.29 is 9.53 Å². The van der Waals surface area contributed by atoms with E-state index in [0.717, 1.165) is 12.8 Å². The molecule has 1 atom stereocenters. The van der Waals surface area contributed by atoms with Crippen molar-refractivity contribution in [2.45, 2.75) is 155 Å². The van der Waals surface area contributed by atoms with Gasteiger partial charge in [-0.25, -0.2) is 0 Å². The topological polar surface area (TPSA) is 26.3 Å². The van der Waals surface area contributed by atoms with Crippen molar-refractivity contribution in [1.82, 2.24) is 0 Å². The number of carbonyl (C=O) groups is 1. The van der Waals surface area contributed by atoms with Crippen molar-refractivity contribution in [2.24, 2.45) is 0 Å². The van der Waals surface area contributed by atoms with E-state index in [-0.39, 0.29) is 12.1 Å². The predicted octanol–water partition coefficient (Wildman–Crippen LogP) is 8.76. The van der Waals surface area contributed by atoms with Gasteiger partial charge in [-0.1, -0.05) is 117 Å². The molecular formula is C25H50O2. The van der Waals surface area contributed by atoms with Gasteiger partial charge in [0.2, 0.25) is 0 Å². The molecular weight excluding hydrogens is 332 g/mol. The third kappa shape index (κ3) is 21.6. The highest BCUT2D eigenvalue weighted by Crippen LogP contribution is 2.14. The first-order chi connectivity index (χ1) is 13.2. The van der Waals surface area contributed by atoms with Crippen molar-refractivity contribution in [3.8, 4) is 0 Å². The molecule has 0 fully saturated rings. The molecule has 0 amide bonds. The molecule has 0 N–H and O–H groups in total. The predicted molar refractivity (Wildman–Crippen MR) is 119 cm³/mol. The van der Waals surface area contributed by atoms with Gasteiger partial charge in [-0.2, -0.15) is 0 Å². The Morgan fingerprint density at radius 2 is 0.963 bits per heavy atom. The Balaban J connectivity index is 3.20. The molecule has 0 aromatic rings. The average Bonchev–Trinajstić information content (AvgIpc) is 2.65. The largest absolute Gasteiger partial charge is 0.463 e. The fourth-order valence-electron chi connectivity index (χ4n) is 3.66. The molecule has 162 valence electrons. The van der Waals surface area contributed by atoms with Crippen LogP contribution in [0, 0.1) is 0 Å². The second-order valence-electron chi connectivity index (χ2n) is 8.50. The highest BCUT2D eigenvalue weighted by molar-refractivity contribution is 5.69. The van der Waals surface area contributed by atoms with Crippen molar-refractivity contribution >= 4 is 5.97 Å². The lowest BCUT2D eigenvalue weighted by atomic mass is 10.0. The molecule has 0 aliphatic rings. The van der Waals surface area contributed by atoms with Crippen LogP contribution in [-0.2, 0) is 9.53 Å². The van der Waals surface area contributed by atoms with E-state index in [9.17, 15) is 4.79 Å². The van der Waals surface area contributed by atoms with E-state index in [1.165, 1.54) is 109 Å². The number of ether oxygens (including phenoxy) is 1. The maximum absolute atomic E-state index is 11.8. The lowest BCUT2D eigenvalue weighted by Gasteiger charge is -2.12. The Kier molecular flexibility index (Phi) is 21.3. The fraction of sp³-hybridized carbons (Fsp3) is 0.960. The Bertz CT molecular complexity index is 301. The van der Waals surface area contributed by atoms with E-state index in [1.54, 1.807) is 0 Å². The van der Waals surface area contributed by atoms with Gasteiger partial charge in [-0.3, -0.25) is 4.79 Å². The van der Waals surface area contributed by atoms with Crippen molar-refractivity contribution in [2.75, 3.05) is 0 Å². The monoisotopic (exact) mass is 382 g/mol. The summed E-state index contributed by atoms with van der Waals surface area (Å²) in [5.74, 6) is 0.00805. The Labute approximate surface area is 171 Å². The summed E-state index contributed by atoms with van der Waals surface area (Å²) in [4.78, 5) is 11.8. The van der Waals surface area contributed by atoms with Crippen LogP contribution in [0.5, 0.6) is 0 Å². The van der Waals surface area contributed by atoms with E-state index >= 15 is 0 Å². The summed E-state index contributed by atoms with van der Waals surface area (Å²) in [5.41, 5.74) is 0. The standard InChI is InChI=1S/C25H50O2/c1-4-6-8-9-10-11-12-13-14-15-16-17-18-19-21-23-25(26)27-24(3)22-20-7-5-2/h24H,4-23H2,1-3H3/t24-/m1/s1. The van der Waals surface area contributed by atoms with Gasteiger partial charge in [0.1, 0.15) is 0 Å². The Hall–Kier alpha value is -0.530. The molecule has 2 heteroatoms. The fourth-order valence-corrected chi connectivity index (χ4v) is 3.66. The minimum absolute atomic E-state index is 0.00805. The molecule has 2 nitrogen and oxygen atoms in total. The van der Waals surface area contributed by atoms with Gasteiger partial charge in [-0.05, 0) is 26.2 Å². The zero-order chi connectivity index (χ0) is 20.0. The second-order valence-corrected chi connectivity index (χ2v) is 8.50. The van der Waals surface area contributed by atoms with Crippen LogP contribution < -0.4 is 0 Å². The highest BCUT2D eigenvalue weighted by atomic mass is 16.5. The molecule has 0 spiro atoms. The zero-order valence-electron chi connectivity index (χ0n) is 19.0. The van der Waals surface area contributed by atoms with Crippen LogP contribution in [0.3, 0.4) is 0 Å². The quantitative estimate of drug-likeness (QED) is 0.146. The molecule has 0 rings (SSSR count). The first-order valence-corrected chi connectivity index (χ1v) is 12.4. The Morgan fingerprint density at radius 1 is 0.593 bits per heavy atom. The van der Waals surface area contributed by atoms with Gasteiger partial charge < -0.3 is 4.74 Å². The van der Waals surface area contributed by atoms with Crippen LogP contribution in [0.25, 0.3) is 0 Å². The number of esters is 1. The van der Waals surface area contributed by atoms with E-state index in [1.807, 2.05) is 6.92 Å². The molecule has 0 heterocycles. The Morgan fingerprint density at radius 3 is 1.41 bits per heavy atom. The molecule has 27 heavy (non-hydrogen) atoms. The minimum atomic E-state index is 0.00805. The maximum atomic E-state index is 11.8. The molecule has 0 saturated carbocycles. The number of rotatable bonds is 21. The first-order valence-electron chi connectivity index (χ1n) is 12.4. The second kappa shape index (κ2) is 21.8. The summed E-state index contributed by atoms with van der Waals surface area (Å²) < 4.78 is 5.48. The molecule has 0 aromatic heterocycles. The van der Waals surface area contributed by atoms with Crippen molar-refractivity contribution in [3.05, 3.63) is 0 Å². The van der Waals surface area contributed by atoms with Crippen LogP contribution >= 0.6 is 0 Å². The molecule has 0 saturated heterocycles. The number of carbonyl (C=O) groups excluding carboxylic acids is 1. The van der Waals surface area contributed by atoms with E-state index in [4.69, 9.17) is 4.74 Å². The molecule has 0 aromatic carbocycles. The number of unbranched alkanes of at least 4 members (excludes halogenated alkanes) is 16. The van der Waals surface area contributed by atoms with E-state index < -0.39 is 0 Å². The van der Waals surface area contributed by atoms with Gasteiger partial charge in [0.05, 0.1) is 6.10 Å². The van der Waals surface area contributed by atoms with Gasteiger partial charge in [0.15, 0.2) is 0 Å². The summed E-state index contributed by atoms with van der Waals surface area (Å²) in [5, 5.41) is 0. The maximum Gasteiger partial charge on any atom is 0.306 e. The molecule has 0 aliphatic heterocycles. The average molecular weight is 383 g/mol. The van der Waals surface area contributed by atoms with Crippen molar-refractivity contribution in [1.29, 1.82) is 0 Å². The molecule has 0 unspecified atom stereocenters. The summed E-state index contributed by atoms with van der Waals surface area (Å²) in [6.07, 6.45) is 25.7. The van der Waals surface area contributed by atoms with E-state index in [0.29, 0.717) is 6.42 Å². The first kappa shape index (κ1) is 26.5. The van der Waals surface area contributed by atoms with Gasteiger partial charge >= 0.3 is 5.97 Å². The van der Waals surface area contributed by atoms with Crippen molar-refractivity contribution in [3.63, 3.8) is 0 Å². The van der Waals surface area contributed by atoms with Crippen LogP contribution in [-0.4, -0.2) is 12.1 Å².